The molecule has 0 fully saturated rings. The van der Waals surface area contributed by atoms with Crippen molar-refractivity contribution in [1.29, 1.82) is 0 Å². The summed E-state index contributed by atoms with van der Waals surface area (Å²) < 4.78 is 0. The zero-order valence-electron chi connectivity index (χ0n) is 8.20. The molecule has 2 heteroatoms. The average molecular weight is 164 g/mol. The SMILES string of the molecule is CC(C)C1=CN(C(C)C)N=C=C1. The van der Waals surface area contributed by atoms with E-state index in [9.17, 15) is 0 Å². The van der Waals surface area contributed by atoms with E-state index in [-0.39, 0.29) is 0 Å². The lowest BCUT2D eigenvalue weighted by molar-refractivity contribution is 0.324. The first-order valence-electron chi connectivity index (χ1n) is 4.40. The van der Waals surface area contributed by atoms with Crippen LogP contribution in [0.25, 0.3) is 0 Å². The number of nitrogens with zero attached hydrogens (tertiary/aromatic N) is 2. The fraction of sp³-hybridized carbons (Fsp3) is 0.600. The monoisotopic (exact) mass is 164 g/mol. The minimum absolute atomic E-state index is 0.417. The molecule has 0 saturated carbocycles. The van der Waals surface area contributed by atoms with Gasteiger partial charge in [0.1, 0.15) is 0 Å². The Labute approximate surface area is 74.3 Å². The van der Waals surface area contributed by atoms with E-state index in [4.69, 9.17) is 0 Å². The largest absolute Gasteiger partial charge is 0.262 e. The van der Waals surface area contributed by atoms with Crippen LogP contribution in [0.15, 0.2) is 23.0 Å². The van der Waals surface area contributed by atoms with Gasteiger partial charge in [0.2, 0.25) is 0 Å². The minimum atomic E-state index is 0.417. The van der Waals surface area contributed by atoms with Crippen LogP contribution in [0, 0.1) is 5.92 Å². The van der Waals surface area contributed by atoms with Crippen molar-refractivity contribution in [3.8, 4) is 0 Å². The molecular formula is C10H16N2. The van der Waals surface area contributed by atoms with Crippen LogP contribution in [0.1, 0.15) is 27.7 Å². The van der Waals surface area contributed by atoms with Gasteiger partial charge in [-0.15, -0.1) is 5.10 Å². The molecule has 0 unspecified atom stereocenters. The molecule has 0 N–H and O–H groups in total. The van der Waals surface area contributed by atoms with Gasteiger partial charge in [0.15, 0.2) is 0 Å². The van der Waals surface area contributed by atoms with Crippen molar-refractivity contribution in [2.45, 2.75) is 33.7 Å². The van der Waals surface area contributed by atoms with Crippen LogP contribution in [0.4, 0.5) is 0 Å². The van der Waals surface area contributed by atoms with Crippen LogP contribution in [0.3, 0.4) is 0 Å². The second-order valence-electron chi connectivity index (χ2n) is 3.63. The van der Waals surface area contributed by atoms with Gasteiger partial charge in [-0.2, -0.15) is 0 Å². The molecule has 1 aliphatic heterocycles. The number of hydrogen-bond donors (Lipinski definition) is 0. The molecule has 1 rings (SSSR count). The predicted octanol–water partition coefficient (Wildman–Crippen LogP) is 2.39. The highest BCUT2D eigenvalue weighted by Crippen LogP contribution is 2.15. The van der Waals surface area contributed by atoms with Crippen molar-refractivity contribution in [3.05, 3.63) is 17.8 Å². The summed E-state index contributed by atoms with van der Waals surface area (Å²) in [5.74, 6) is 3.46. The Hall–Kier alpha value is -1.01. The summed E-state index contributed by atoms with van der Waals surface area (Å²) in [5, 5.41) is 6.05. The highest BCUT2D eigenvalue weighted by Gasteiger charge is 2.08. The molecular weight excluding hydrogens is 148 g/mol. The van der Waals surface area contributed by atoms with Crippen LogP contribution in [-0.2, 0) is 0 Å². The van der Waals surface area contributed by atoms with Crippen molar-refractivity contribution in [1.82, 2.24) is 5.01 Å². The smallest absolute Gasteiger partial charge is 0.0470 e. The first-order valence-corrected chi connectivity index (χ1v) is 4.40. The second kappa shape index (κ2) is 3.59. The van der Waals surface area contributed by atoms with Gasteiger partial charge in [-0.1, -0.05) is 13.8 Å². The van der Waals surface area contributed by atoms with Crippen molar-refractivity contribution < 1.29 is 0 Å². The van der Waals surface area contributed by atoms with Gasteiger partial charge in [-0.05, 0) is 25.3 Å². The Balaban J connectivity index is 2.81. The molecule has 0 aromatic rings. The van der Waals surface area contributed by atoms with E-state index in [2.05, 4.69) is 44.9 Å². The van der Waals surface area contributed by atoms with Crippen molar-refractivity contribution in [2.24, 2.45) is 11.0 Å². The maximum atomic E-state index is 4.11. The van der Waals surface area contributed by atoms with E-state index in [1.165, 1.54) is 5.57 Å². The molecule has 0 aliphatic carbocycles. The van der Waals surface area contributed by atoms with Crippen LogP contribution in [0.5, 0.6) is 0 Å². The van der Waals surface area contributed by atoms with Gasteiger partial charge in [0, 0.05) is 24.2 Å². The first kappa shape index (κ1) is 9.08. The highest BCUT2D eigenvalue weighted by molar-refractivity contribution is 5.58. The Morgan fingerprint density at radius 2 is 2.00 bits per heavy atom. The molecule has 0 aromatic heterocycles. The lowest BCUT2D eigenvalue weighted by Crippen LogP contribution is -2.21. The average Bonchev–Trinajstić information content (AvgIpc) is 2.04. The van der Waals surface area contributed by atoms with E-state index in [0.717, 1.165) is 0 Å². The highest BCUT2D eigenvalue weighted by atomic mass is 15.4. The Morgan fingerprint density at radius 3 is 2.50 bits per heavy atom. The van der Waals surface area contributed by atoms with Crippen LogP contribution in [0.2, 0.25) is 0 Å². The van der Waals surface area contributed by atoms with Gasteiger partial charge in [0.25, 0.3) is 0 Å². The Bertz CT molecular complexity index is 243. The normalized spacial score (nSPS) is 16.2. The van der Waals surface area contributed by atoms with Gasteiger partial charge >= 0.3 is 0 Å². The van der Waals surface area contributed by atoms with Crippen LogP contribution in [-0.4, -0.2) is 16.9 Å². The van der Waals surface area contributed by atoms with E-state index < -0.39 is 0 Å². The summed E-state index contributed by atoms with van der Waals surface area (Å²) in [6.07, 6.45) is 4.04. The second-order valence-corrected chi connectivity index (χ2v) is 3.63. The maximum Gasteiger partial charge on any atom is 0.0470 e. The summed E-state index contributed by atoms with van der Waals surface area (Å²) in [4.78, 5) is 0. The first-order chi connectivity index (χ1) is 5.61. The molecule has 0 saturated heterocycles. The standard InChI is InChI=1S/C10H16N2/c1-8(2)10-5-6-11-12(7-10)9(3)4/h5,7-9H,1-4H3. The molecule has 0 aromatic carbocycles. The zero-order valence-corrected chi connectivity index (χ0v) is 8.20. The van der Waals surface area contributed by atoms with Crippen molar-refractivity contribution >= 4 is 5.87 Å². The number of rotatable bonds is 2. The fourth-order valence-corrected chi connectivity index (χ4v) is 0.969. The molecule has 0 spiro atoms. The lowest BCUT2D eigenvalue weighted by atomic mass is 10.0. The molecule has 1 heterocycles. The fourth-order valence-electron chi connectivity index (χ4n) is 0.969. The van der Waals surface area contributed by atoms with Gasteiger partial charge < -0.3 is 0 Å². The summed E-state index contributed by atoms with van der Waals surface area (Å²) in [7, 11) is 0. The Kier molecular flexibility index (Phi) is 2.72. The van der Waals surface area contributed by atoms with Crippen LogP contribution < -0.4 is 0 Å². The zero-order chi connectivity index (χ0) is 9.14. The molecule has 0 radical (unpaired) electrons. The van der Waals surface area contributed by atoms with E-state index in [1.54, 1.807) is 0 Å². The van der Waals surface area contributed by atoms with E-state index in [0.29, 0.717) is 12.0 Å². The molecule has 1 aliphatic rings. The van der Waals surface area contributed by atoms with Gasteiger partial charge in [0.05, 0.1) is 0 Å². The molecule has 0 bridgehead atoms. The third-order valence-corrected chi connectivity index (χ3v) is 1.88. The summed E-state index contributed by atoms with van der Waals surface area (Å²) >= 11 is 0. The maximum absolute atomic E-state index is 4.11. The van der Waals surface area contributed by atoms with E-state index in [1.807, 2.05) is 11.1 Å². The number of hydrogen-bond acceptors (Lipinski definition) is 2. The minimum Gasteiger partial charge on any atom is -0.262 e. The third-order valence-electron chi connectivity index (χ3n) is 1.88. The van der Waals surface area contributed by atoms with Crippen molar-refractivity contribution in [2.75, 3.05) is 0 Å². The summed E-state index contributed by atoms with van der Waals surface area (Å²) in [6, 6.07) is 0.417. The molecule has 66 valence electrons. The molecule has 0 atom stereocenters. The Morgan fingerprint density at radius 1 is 1.33 bits per heavy atom. The topological polar surface area (TPSA) is 15.6 Å². The van der Waals surface area contributed by atoms with Gasteiger partial charge in [-0.25, -0.2) is 0 Å². The summed E-state index contributed by atoms with van der Waals surface area (Å²) in [5.41, 5.74) is 1.29. The number of hydrazone groups is 1. The van der Waals surface area contributed by atoms with Crippen LogP contribution >= 0.6 is 0 Å². The number of allylic oxidation sites excluding steroid dienone is 2. The lowest BCUT2D eigenvalue weighted by Gasteiger charge is -2.21. The quantitative estimate of drug-likeness (QED) is 0.612. The molecule has 0 amide bonds. The van der Waals surface area contributed by atoms with E-state index >= 15 is 0 Å². The third kappa shape index (κ3) is 1.99. The molecule has 2 nitrogen and oxygen atoms in total. The summed E-state index contributed by atoms with van der Waals surface area (Å²) in [6.45, 7) is 8.58. The molecule has 12 heavy (non-hydrogen) atoms. The van der Waals surface area contributed by atoms with Gasteiger partial charge in [-0.3, -0.25) is 5.01 Å². The predicted molar refractivity (Wildman–Crippen MR) is 51.9 cm³/mol. The van der Waals surface area contributed by atoms with Crippen molar-refractivity contribution in [3.63, 3.8) is 0 Å².